The summed E-state index contributed by atoms with van der Waals surface area (Å²) in [6.07, 6.45) is 5.28. The van der Waals surface area contributed by atoms with Gasteiger partial charge in [0.15, 0.2) is 0 Å². The van der Waals surface area contributed by atoms with Crippen LogP contribution >= 0.6 is 0 Å². The topological polar surface area (TPSA) is 38.3 Å². The summed E-state index contributed by atoms with van der Waals surface area (Å²) in [5.74, 6) is -0.0809. The van der Waals surface area contributed by atoms with E-state index in [4.69, 9.17) is 4.84 Å². The van der Waals surface area contributed by atoms with Crippen LogP contribution in [0.1, 0.15) is 36.5 Å². The first-order chi connectivity index (χ1) is 8.29. The van der Waals surface area contributed by atoms with Gasteiger partial charge < -0.3 is 0 Å². The largest absolute Gasteiger partial charge is 0.274 e. The van der Waals surface area contributed by atoms with Crippen LogP contribution in [0.4, 0.5) is 0 Å². The Bertz CT molecular complexity index is 401. The van der Waals surface area contributed by atoms with E-state index in [2.05, 4.69) is 23.7 Å². The quantitative estimate of drug-likeness (QED) is 0.809. The molecule has 1 aromatic rings. The Kier molecular flexibility index (Phi) is 4.15. The maximum absolute atomic E-state index is 11.5. The standard InChI is InChI=1S/C14H19NO2/c1-2-17-15-14(16)10-11-7-8-12-5-3-4-6-13(12)9-11/h7-9H,2-6,10H2,1H3,(H,15,16). The molecule has 3 nitrogen and oxygen atoms in total. The first kappa shape index (κ1) is 12.1. The van der Waals surface area contributed by atoms with E-state index < -0.39 is 0 Å². The van der Waals surface area contributed by atoms with E-state index in [1.54, 1.807) is 0 Å². The third-order valence-electron chi connectivity index (χ3n) is 3.11. The molecule has 17 heavy (non-hydrogen) atoms. The smallest absolute Gasteiger partial charge is 0.247 e. The molecule has 1 amide bonds. The zero-order valence-electron chi connectivity index (χ0n) is 10.3. The Labute approximate surface area is 102 Å². The second-order valence-electron chi connectivity index (χ2n) is 4.45. The summed E-state index contributed by atoms with van der Waals surface area (Å²) in [7, 11) is 0. The Balaban J connectivity index is 1.99. The van der Waals surface area contributed by atoms with E-state index in [1.807, 2.05) is 6.92 Å². The van der Waals surface area contributed by atoms with Gasteiger partial charge in [-0.05, 0) is 49.3 Å². The van der Waals surface area contributed by atoms with Crippen LogP contribution in [0.2, 0.25) is 0 Å². The van der Waals surface area contributed by atoms with Crippen molar-refractivity contribution in [1.82, 2.24) is 5.48 Å². The van der Waals surface area contributed by atoms with E-state index in [1.165, 1.54) is 30.4 Å². The predicted octanol–water partition coefficient (Wildman–Crippen LogP) is 2.18. The summed E-state index contributed by atoms with van der Waals surface area (Å²) in [6, 6.07) is 6.38. The van der Waals surface area contributed by atoms with Crippen molar-refractivity contribution >= 4 is 5.91 Å². The van der Waals surface area contributed by atoms with Gasteiger partial charge in [0.25, 0.3) is 0 Å². The van der Waals surface area contributed by atoms with E-state index in [9.17, 15) is 4.79 Å². The monoisotopic (exact) mass is 233 g/mol. The molecule has 0 spiro atoms. The van der Waals surface area contributed by atoms with Crippen LogP contribution in [0.25, 0.3) is 0 Å². The minimum absolute atomic E-state index is 0.0809. The molecule has 0 fully saturated rings. The lowest BCUT2D eigenvalue weighted by Crippen LogP contribution is -2.25. The van der Waals surface area contributed by atoms with E-state index >= 15 is 0 Å². The van der Waals surface area contributed by atoms with Crippen molar-refractivity contribution in [3.8, 4) is 0 Å². The molecule has 92 valence electrons. The number of aryl methyl sites for hydroxylation is 2. The normalized spacial score (nSPS) is 14.2. The average Bonchev–Trinajstić information content (AvgIpc) is 2.36. The molecular formula is C14H19NO2. The minimum Gasteiger partial charge on any atom is -0.274 e. The van der Waals surface area contributed by atoms with E-state index in [0.717, 1.165) is 12.0 Å². The van der Waals surface area contributed by atoms with Crippen LogP contribution in [-0.4, -0.2) is 12.5 Å². The number of hydroxylamine groups is 1. The van der Waals surface area contributed by atoms with Gasteiger partial charge in [-0.3, -0.25) is 9.63 Å². The molecule has 0 radical (unpaired) electrons. The maximum atomic E-state index is 11.5. The fourth-order valence-corrected chi connectivity index (χ4v) is 2.27. The minimum atomic E-state index is -0.0809. The number of hydrogen-bond acceptors (Lipinski definition) is 2. The van der Waals surface area contributed by atoms with Crippen LogP contribution in [0.15, 0.2) is 18.2 Å². The highest BCUT2D eigenvalue weighted by Crippen LogP contribution is 2.22. The summed E-state index contributed by atoms with van der Waals surface area (Å²) in [5.41, 5.74) is 6.36. The fourth-order valence-electron chi connectivity index (χ4n) is 2.27. The van der Waals surface area contributed by atoms with Crippen molar-refractivity contribution in [2.45, 2.75) is 39.0 Å². The highest BCUT2D eigenvalue weighted by Gasteiger charge is 2.10. The molecule has 0 saturated carbocycles. The molecule has 1 aromatic carbocycles. The van der Waals surface area contributed by atoms with E-state index in [-0.39, 0.29) is 5.91 Å². The number of carbonyl (C=O) groups excluding carboxylic acids is 1. The van der Waals surface area contributed by atoms with Crippen molar-refractivity contribution < 1.29 is 9.63 Å². The van der Waals surface area contributed by atoms with Gasteiger partial charge in [-0.2, -0.15) is 0 Å². The number of carbonyl (C=O) groups is 1. The highest BCUT2D eigenvalue weighted by molar-refractivity contribution is 5.77. The molecular weight excluding hydrogens is 214 g/mol. The zero-order valence-corrected chi connectivity index (χ0v) is 10.3. The van der Waals surface area contributed by atoms with Gasteiger partial charge in [-0.1, -0.05) is 18.2 Å². The van der Waals surface area contributed by atoms with Gasteiger partial charge in [0, 0.05) is 0 Å². The molecule has 1 aliphatic carbocycles. The zero-order chi connectivity index (χ0) is 12.1. The molecule has 0 unspecified atom stereocenters. The van der Waals surface area contributed by atoms with E-state index in [0.29, 0.717) is 13.0 Å². The molecule has 0 atom stereocenters. The predicted molar refractivity (Wildman–Crippen MR) is 66.6 cm³/mol. The van der Waals surface area contributed by atoms with Crippen LogP contribution < -0.4 is 5.48 Å². The first-order valence-corrected chi connectivity index (χ1v) is 6.31. The Morgan fingerprint density at radius 2 is 2.06 bits per heavy atom. The molecule has 0 aromatic heterocycles. The number of amides is 1. The van der Waals surface area contributed by atoms with Crippen molar-refractivity contribution in [3.63, 3.8) is 0 Å². The molecule has 0 aliphatic heterocycles. The summed E-state index contributed by atoms with van der Waals surface area (Å²) in [4.78, 5) is 16.4. The lowest BCUT2D eigenvalue weighted by atomic mass is 9.90. The second kappa shape index (κ2) is 5.82. The number of fused-ring (bicyclic) bond motifs is 1. The lowest BCUT2D eigenvalue weighted by Gasteiger charge is -2.16. The van der Waals surface area contributed by atoms with Crippen LogP contribution in [0.5, 0.6) is 0 Å². The Morgan fingerprint density at radius 1 is 1.29 bits per heavy atom. The molecule has 2 rings (SSSR count). The third kappa shape index (κ3) is 3.30. The summed E-state index contributed by atoms with van der Waals surface area (Å²) in [5, 5.41) is 0. The maximum Gasteiger partial charge on any atom is 0.247 e. The van der Waals surface area contributed by atoms with Crippen LogP contribution in [0.3, 0.4) is 0 Å². The molecule has 1 N–H and O–H groups in total. The number of hydrogen-bond donors (Lipinski definition) is 1. The van der Waals surface area contributed by atoms with Crippen LogP contribution in [0, 0.1) is 0 Å². The summed E-state index contributed by atoms with van der Waals surface area (Å²) < 4.78 is 0. The third-order valence-corrected chi connectivity index (χ3v) is 3.11. The highest BCUT2D eigenvalue weighted by atomic mass is 16.6. The first-order valence-electron chi connectivity index (χ1n) is 6.31. The van der Waals surface area contributed by atoms with Gasteiger partial charge in [0.05, 0.1) is 13.0 Å². The van der Waals surface area contributed by atoms with Gasteiger partial charge >= 0.3 is 0 Å². The average molecular weight is 233 g/mol. The number of rotatable bonds is 4. The Hall–Kier alpha value is -1.35. The van der Waals surface area contributed by atoms with Crippen molar-refractivity contribution in [2.75, 3.05) is 6.61 Å². The van der Waals surface area contributed by atoms with Crippen molar-refractivity contribution in [3.05, 3.63) is 34.9 Å². The molecule has 3 heteroatoms. The van der Waals surface area contributed by atoms with Gasteiger partial charge in [0.2, 0.25) is 5.91 Å². The number of benzene rings is 1. The number of nitrogens with one attached hydrogen (secondary N) is 1. The van der Waals surface area contributed by atoms with Gasteiger partial charge in [-0.15, -0.1) is 0 Å². The molecule has 0 heterocycles. The fraction of sp³-hybridized carbons (Fsp3) is 0.500. The van der Waals surface area contributed by atoms with Crippen LogP contribution in [-0.2, 0) is 28.9 Å². The lowest BCUT2D eigenvalue weighted by molar-refractivity contribution is -0.132. The van der Waals surface area contributed by atoms with Crippen molar-refractivity contribution in [1.29, 1.82) is 0 Å². The SMILES string of the molecule is CCONC(=O)Cc1ccc2c(c1)CCCC2. The second-order valence-corrected chi connectivity index (χ2v) is 4.45. The summed E-state index contributed by atoms with van der Waals surface area (Å²) >= 11 is 0. The van der Waals surface area contributed by atoms with Gasteiger partial charge in [0.1, 0.15) is 0 Å². The summed E-state index contributed by atoms with van der Waals surface area (Å²) in [6.45, 7) is 2.34. The molecule has 0 saturated heterocycles. The Morgan fingerprint density at radius 3 is 2.82 bits per heavy atom. The molecule has 1 aliphatic rings. The van der Waals surface area contributed by atoms with Crippen molar-refractivity contribution in [2.24, 2.45) is 0 Å². The molecule has 0 bridgehead atoms. The van der Waals surface area contributed by atoms with Gasteiger partial charge in [-0.25, -0.2) is 5.48 Å².